The molecule has 1 aromatic rings. The lowest BCUT2D eigenvalue weighted by Gasteiger charge is -2.23. The van der Waals surface area contributed by atoms with Crippen LogP contribution in [0.1, 0.15) is 51.5 Å². The van der Waals surface area contributed by atoms with Crippen LogP contribution in [-0.2, 0) is 44.8 Å². The summed E-state index contributed by atoms with van der Waals surface area (Å²) in [7, 11) is 1.40. The molecular formula is C30H47N3O10. The van der Waals surface area contributed by atoms with Crippen LogP contribution >= 0.6 is 0 Å². The number of nitrogens with one attached hydrogen (secondary N) is 3. The highest BCUT2D eigenvalue weighted by atomic mass is 17.2. The van der Waals surface area contributed by atoms with Gasteiger partial charge in [-0.05, 0) is 30.7 Å². The SMILES string of the molecule is COOCCCNC(=O)CCC(=O)C(CC(C)C)NC(=O)C(CC(=O)CNC(=O)OCCOCCO)Cc1ccccc1. The van der Waals surface area contributed by atoms with E-state index >= 15 is 0 Å². The van der Waals surface area contributed by atoms with Crippen LogP contribution in [0.5, 0.6) is 0 Å². The molecule has 13 nitrogen and oxygen atoms in total. The lowest BCUT2D eigenvalue weighted by Crippen LogP contribution is -2.46. The number of hydrogen-bond donors (Lipinski definition) is 4. The van der Waals surface area contributed by atoms with Gasteiger partial charge in [0.05, 0.1) is 46.1 Å². The van der Waals surface area contributed by atoms with E-state index in [2.05, 4.69) is 20.8 Å². The zero-order chi connectivity index (χ0) is 31.9. The first-order valence-corrected chi connectivity index (χ1v) is 14.6. The summed E-state index contributed by atoms with van der Waals surface area (Å²) in [6.45, 7) is 4.26. The van der Waals surface area contributed by atoms with Gasteiger partial charge in [-0.15, -0.1) is 0 Å². The monoisotopic (exact) mass is 609 g/mol. The predicted molar refractivity (Wildman–Crippen MR) is 157 cm³/mol. The van der Waals surface area contributed by atoms with Gasteiger partial charge in [0.1, 0.15) is 6.61 Å². The Morgan fingerprint density at radius 3 is 2.35 bits per heavy atom. The van der Waals surface area contributed by atoms with Crippen LogP contribution in [0.3, 0.4) is 0 Å². The number of ether oxygens (including phenoxy) is 2. The number of carbonyl (C=O) groups is 5. The molecule has 0 heterocycles. The Hall–Kier alpha value is -3.39. The largest absolute Gasteiger partial charge is 0.447 e. The highest BCUT2D eigenvalue weighted by Gasteiger charge is 2.28. The van der Waals surface area contributed by atoms with E-state index in [1.807, 2.05) is 44.2 Å². The van der Waals surface area contributed by atoms with Crippen LogP contribution in [0.25, 0.3) is 0 Å². The number of ketones is 2. The number of rotatable bonds is 24. The molecule has 2 atom stereocenters. The maximum absolute atomic E-state index is 13.5. The molecule has 0 saturated carbocycles. The Bertz CT molecular complexity index is 974. The summed E-state index contributed by atoms with van der Waals surface area (Å²) in [6.07, 6.45) is 0.147. The molecule has 0 spiro atoms. The molecule has 0 aliphatic rings. The molecule has 43 heavy (non-hydrogen) atoms. The van der Waals surface area contributed by atoms with Crippen LogP contribution in [0.15, 0.2) is 30.3 Å². The van der Waals surface area contributed by atoms with Crippen molar-refractivity contribution in [2.75, 3.05) is 53.2 Å². The van der Waals surface area contributed by atoms with E-state index in [-0.39, 0.29) is 82.0 Å². The van der Waals surface area contributed by atoms with Gasteiger partial charge in [0.15, 0.2) is 11.6 Å². The molecule has 13 heteroatoms. The molecule has 2 unspecified atom stereocenters. The second-order valence-electron chi connectivity index (χ2n) is 10.3. The van der Waals surface area contributed by atoms with E-state index in [0.717, 1.165) is 5.56 Å². The summed E-state index contributed by atoms with van der Waals surface area (Å²) in [5.74, 6) is -2.10. The smallest absolute Gasteiger partial charge is 0.407 e. The second kappa shape index (κ2) is 23.1. The Morgan fingerprint density at radius 1 is 0.930 bits per heavy atom. The lowest BCUT2D eigenvalue weighted by molar-refractivity contribution is -0.272. The number of hydrogen-bond acceptors (Lipinski definition) is 10. The minimum absolute atomic E-state index is 0.0182. The van der Waals surface area contributed by atoms with Crippen LogP contribution in [0.2, 0.25) is 0 Å². The van der Waals surface area contributed by atoms with Crippen LogP contribution < -0.4 is 16.0 Å². The zero-order valence-corrected chi connectivity index (χ0v) is 25.4. The van der Waals surface area contributed by atoms with Crippen molar-refractivity contribution >= 4 is 29.5 Å². The van der Waals surface area contributed by atoms with Crippen molar-refractivity contribution in [3.63, 3.8) is 0 Å². The van der Waals surface area contributed by atoms with Crippen LogP contribution in [0, 0.1) is 11.8 Å². The third kappa shape index (κ3) is 18.7. The van der Waals surface area contributed by atoms with E-state index < -0.39 is 24.0 Å². The van der Waals surface area contributed by atoms with Crippen molar-refractivity contribution in [1.82, 2.24) is 16.0 Å². The molecule has 4 N–H and O–H groups in total. The molecule has 0 radical (unpaired) electrons. The molecule has 0 saturated heterocycles. The van der Waals surface area contributed by atoms with E-state index in [1.165, 1.54) is 7.11 Å². The van der Waals surface area contributed by atoms with Crippen molar-refractivity contribution < 1.29 is 48.3 Å². The number of aliphatic hydroxyl groups is 1. The fourth-order valence-corrected chi connectivity index (χ4v) is 4.06. The van der Waals surface area contributed by atoms with Gasteiger partial charge in [-0.3, -0.25) is 19.2 Å². The summed E-state index contributed by atoms with van der Waals surface area (Å²) < 4.78 is 9.92. The summed E-state index contributed by atoms with van der Waals surface area (Å²) in [6, 6.07) is 8.37. The van der Waals surface area contributed by atoms with Crippen LogP contribution in [-0.4, -0.2) is 93.9 Å². The van der Waals surface area contributed by atoms with Crippen molar-refractivity contribution in [3.05, 3.63) is 35.9 Å². The Kier molecular flexibility index (Phi) is 20.2. The fraction of sp³-hybridized carbons (Fsp3) is 0.633. The summed E-state index contributed by atoms with van der Waals surface area (Å²) in [5.41, 5.74) is 0.838. The van der Waals surface area contributed by atoms with Gasteiger partial charge in [0, 0.05) is 31.7 Å². The summed E-state index contributed by atoms with van der Waals surface area (Å²) in [4.78, 5) is 72.6. The number of aliphatic hydroxyl groups excluding tert-OH is 1. The number of carbonyl (C=O) groups excluding carboxylic acids is 5. The summed E-state index contributed by atoms with van der Waals surface area (Å²) >= 11 is 0. The van der Waals surface area contributed by atoms with Gasteiger partial charge in [-0.1, -0.05) is 44.2 Å². The van der Waals surface area contributed by atoms with Crippen molar-refractivity contribution in [2.24, 2.45) is 11.8 Å². The molecule has 1 aromatic carbocycles. The topological polar surface area (TPSA) is 179 Å². The summed E-state index contributed by atoms with van der Waals surface area (Å²) in [5, 5.41) is 16.6. The van der Waals surface area contributed by atoms with Crippen molar-refractivity contribution in [3.8, 4) is 0 Å². The Labute approximate surface area is 253 Å². The third-order valence-corrected chi connectivity index (χ3v) is 6.15. The highest BCUT2D eigenvalue weighted by molar-refractivity contribution is 5.94. The van der Waals surface area contributed by atoms with E-state index in [0.29, 0.717) is 26.0 Å². The molecule has 0 aromatic heterocycles. The number of benzene rings is 1. The van der Waals surface area contributed by atoms with Crippen LogP contribution in [0.4, 0.5) is 4.79 Å². The molecule has 0 aliphatic carbocycles. The van der Waals surface area contributed by atoms with E-state index in [4.69, 9.17) is 19.5 Å². The minimum atomic E-state index is -0.815. The molecule has 0 aliphatic heterocycles. The van der Waals surface area contributed by atoms with Gasteiger partial charge in [0.2, 0.25) is 11.8 Å². The van der Waals surface area contributed by atoms with Gasteiger partial charge < -0.3 is 30.5 Å². The fourth-order valence-electron chi connectivity index (χ4n) is 4.06. The lowest BCUT2D eigenvalue weighted by atomic mass is 9.91. The maximum Gasteiger partial charge on any atom is 0.407 e. The third-order valence-electron chi connectivity index (χ3n) is 6.15. The number of Topliss-reactive ketones (excluding diaryl/α,β-unsaturated/α-hetero) is 2. The van der Waals surface area contributed by atoms with Crippen molar-refractivity contribution in [2.45, 2.75) is 58.4 Å². The first-order chi connectivity index (χ1) is 20.7. The quantitative estimate of drug-likeness (QED) is 0.0763. The molecule has 0 fully saturated rings. The highest BCUT2D eigenvalue weighted by Crippen LogP contribution is 2.16. The van der Waals surface area contributed by atoms with Gasteiger partial charge >= 0.3 is 6.09 Å². The number of alkyl carbamates (subject to hydrolysis) is 1. The first kappa shape index (κ1) is 37.6. The predicted octanol–water partition coefficient (Wildman–Crippen LogP) is 1.50. The molecular weight excluding hydrogens is 562 g/mol. The standard InChI is InChI=1S/C30H47N3O10/c1-22(2)18-26(27(36)10-11-28(37)31-12-7-14-43-40-3)33-29(38)24(19-23-8-5-4-6-9-23)20-25(35)21-32-30(39)42-17-16-41-15-13-34/h4-6,8-9,22,24,26,34H,7,10-21H2,1-3H3,(H,31,37)(H,32,39)(H,33,38). The van der Waals surface area contributed by atoms with E-state index in [9.17, 15) is 24.0 Å². The van der Waals surface area contributed by atoms with Crippen molar-refractivity contribution in [1.29, 1.82) is 0 Å². The molecule has 242 valence electrons. The zero-order valence-electron chi connectivity index (χ0n) is 25.4. The average molecular weight is 610 g/mol. The average Bonchev–Trinajstić information content (AvgIpc) is 2.98. The molecule has 0 bridgehead atoms. The van der Waals surface area contributed by atoms with Gasteiger partial charge in [0.25, 0.3) is 0 Å². The molecule has 1 rings (SSSR count). The Balaban J connectivity index is 2.76. The van der Waals surface area contributed by atoms with E-state index in [1.54, 1.807) is 0 Å². The first-order valence-electron chi connectivity index (χ1n) is 14.6. The maximum atomic E-state index is 13.5. The molecule has 3 amide bonds. The van der Waals surface area contributed by atoms with Gasteiger partial charge in [-0.2, -0.15) is 0 Å². The number of amides is 3. The Morgan fingerprint density at radius 2 is 1.67 bits per heavy atom. The second-order valence-corrected chi connectivity index (χ2v) is 10.3. The normalized spacial score (nSPS) is 12.3. The van der Waals surface area contributed by atoms with Gasteiger partial charge in [-0.25, -0.2) is 14.6 Å². The minimum Gasteiger partial charge on any atom is -0.447 e.